The quantitative estimate of drug-likeness (QED) is 0.753. The van der Waals surface area contributed by atoms with Crippen LogP contribution in [0.5, 0.6) is 11.5 Å². The lowest BCUT2D eigenvalue weighted by Gasteiger charge is -2.26. The summed E-state index contributed by atoms with van der Waals surface area (Å²) in [4.78, 5) is 14.9. The number of piperidine rings is 1. The Labute approximate surface area is 167 Å². The minimum Gasteiger partial charge on any atom is -0.497 e. The smallest absolute Gasteiger partial charge is 0.251 e. The van der Waals surface area contributed by atoms with Crippen molar-refractivity contribution in [3.63, 3.8) is 0 Å². The fourth-order valence-corrected chi connectivity index (χ4v) is 3.38. The molecule has 0 aromatic heterocycles. The number of rotatable bonds is 8. The van der Waals surface area contributed by atoms with Gasteiger partial charge in [-0.3, -0.25) is 9.69 Å². The van der Waals surface area contributed by atoms with Crippen molar-refractivity contribution in [2.45, 2.75) is 38.8 Å². The Morgan fingerprint density at radius 1 is 1.00 bits per heavy atom. The highest BCUT2D eigenvalue weighted by molar-refractivity contribution is 5.94. The third kappa shape index (κ3) is 5.99. The lowest BCUT2D eigenvalue weighted by molar-refractivity contribution is 0.0926. The van der Waals surface area contributed by atoms with Crippen LogP contribution in [0.4, 0.5) is 0 Å². The van der Waals surface area contributed by atoms with E-state index < -0.39 is 0 Å². The molecule has 2 aromatic carbocycles. The van der Waals surface area contributed by atoms with Crippen molar-refractivity contribution < 1.29 is 14.3 Å². The first-order valence-electron chi connectivity index (χ1n) is 10.0. The molecule has 28 heavy (non-hydrogen) atoms. The molecule has 0 spiro atoms. The molecule has 0 bridgehead atoms. The Bertz CT molecular complexity index is 737. The minimum atomic E-state index is -0.0948. The molecule has 2 aromatic rings. The van der Waals surface area contributed by atoms with Crippen molar-refractivity contribution in [2.75, 3.05) is 26.8 Å². The molecule has 150 valence electrons. The van der Waals surface area contributed by atoms with Crippen LogP contribution in [0.2, 0.25) is 0 Å². The number of nitrogens with zero attached hydrogens (tertiary/aromatic N) is 1. The fourth-order valence-electron chi connectivity index (χ4n) is 3.38. The summed E-state index contributed by atoms with van der Waals surface area (Å²) in [6.07, 6.45) is 3.92. The second kappa shape index (κ2) is 10.1. The van der Waals surface area contributed by atoms with Crippen LogP contribution in [-0.4, -0.2) is 43.7 Å². The number of nitrogens with one attached hydrogen (secondary N) is 1. The molecule has 0 radical (unpaired) electrons. The van der Waals surface area contributed by atoms with Gasteiger partial charge in [-0.2, -0.15) is 0 Å². The van der Waals surface area contributed by atoms with E-state index in [0.29, 0.717) is 12.2 Å². The topological polar surface area (TPSA) is 50.8 Å². The third-order valence-corrected chi connectivity index (χ3v) is 5.01. The average molecular weight is 383 g/mol. The molecule has 1 aliphatic heterocycles. The molecular weight excluding hydrogens is 352 g/mol. The highest BCUT2D eigenvalue weighted by Crippen LogP contribution is 2.17. The first-order valence-corrected chi connectivity index (χ1v) is 10.0. The SMILES string of the molecule is COc1ccc(OCC(C)NC(=O)c2ccc(CN3CCCCC3)cc2)cc1. The lowest BCUT2D eigenvalue weighted by atomic mass is 10.1. The number of hydrogen-bond acceptors (Lipinski definition) is 4. The Hall–Kier alpha value is -2.53. The number of hydrogen-bond donors (Lipinski definition) is 1. The van der Waals surface area contributed by atoms with Gasteiger partial charge in [-0.1, -0.05) is 18.6 Å². The molecule has 1 heterocycles. The Kier molecular flexibility index (Phi) is 7.31. The molecular formula is C23H30N2O3. The molecule has 0 saturated carbocycles. The molecule has 1 atom stereocenters. The summed E-state index contributed by atoms with van der Waals surface area (Å²) < 4.78 is 10.9. The molecule has 5 heteroatoms. The summed E-state index contributed by atoms with van der Waals surface area (Å²) in [7, 11) is 1.63. The van der Waals surface area contributed by atoms with Crippen molar-refractivity contribution in [2.24, 2.45) is 0 Å². The normalized spacial score (nSPS) is 15.6. The van der Waals surface area contributed by atoms with Gasteiger partial charge in [0.15, 0.2) is 0 Å². The molecule has 1 N–H and O–H groups in total. The van der Waals surface area contributed by atoms with E-state index in [4.69, 9.17) is 9.47 Å². The third-order valence-electron chi connectivity index (χ3n) is 5.01. The van der Waals surface area contributed by atoms with Gasteiger partial charge >= 0.3 is 0 Å². The van der Waals surface area contributed by atoms with E-state index >= 15 is 0 Å². The van der Waals surface area contributed by atoms with Gasteiger partial charge < -0.3 is 14.8 Å². The zero-order valence-electron chi connectivity index (χ0n) is 16.8. The molecule has 1 unspecified atom stereocenters. The maximum absolute atomic E-state index is 12.5. The van der Waals surface area contributed by atoms with E-state index in [2.05, 4.69) is 22.3 Å². The van der Waals surface area contributed by atoms with Crippen molar-refractivity contribution in [1.29, 1.82) is 0 Å². The van der Waals surface area contributed by atoms with Crippen LogP contribution in [0.25, 0.3) is 0 Å². The molecule has 1 saturated heterocycles. The van der Waals surface area contributed by atoms with Gasteiger partial charge in [0.25, 0.3) is 5.91 Å². The van der Waals surface area contributed by atoms with E-state index in [-0.39, 0.29) is 11.9 Å². The average Bonchev–Trinajstić information content (AvgIpc) is 2.74. The van der Waals surface area contributed by atoms with Gasteiger partial charge in [0, 0.05) is 12.1 Å². The predicted octanol–water partition coefficient (Wildman–Crippen LogP) is 3.88. The standard InChI is InChI=1S/C23H30N2O3/c1-18(17-28-22-12-10-21(27-2)11-13-22)24-23(26)20-8-6-19(7-9-20)16-25-14-4-3-5-15-25/h6-13,18H,3-5,14-17H2,1-2H3,(H,24,26). The van der Waals surface area contributed by atoms with Gasteiger partial charge in [0.2, 0.25) is 0 Å². The van der Waals surface area contributed by atoms with Crippen LogP contribution in [0, 0.1) is 0 Å². The van der Waals surface area contributed by atoms with Crippen LogP contribution in [0.15, 0.2) is 48.5 Å². The highest BCUT2D eigenvalue weighted by atomic mass is 16.5. The summed E-state index contributed by atoms with van der Waals surface area (Å²) in [5.74, 6) is 1.47. The Balaban J connectivity index is 1.45. The number of benzene rings is 2. The second-order valence-corrected chi connectivity index (χ2v) is 7.39. The number of ether oxygens (including phenoxy) is 2. The number of methoxy groups -OCH3 is 1. The number of carbonyl (C=O) groups excluding carboxylic acids is 1. The van der Waals surface area contributed by atoms with E-state index in [1.165, 1.54) is 37.9 Å². The first kappa shape index (κ1) is 20.2. The molecule has 1 fully saturated rings. The summed E-state index contributed by atoms with van der Waals surface area (Å²) in [6.45, 7) is 5.66. The van der Waals surface area contributed by atoms with E-state index in [1.54, 1.807) is 7.11 Å². The van der Waals surface area contributed by atoms with Crippen LogP contribution in [0.3, 0.4) is 0 Å². The first-order chi connectivity index (χ1) is 13.6. The molecule has 5 nitrogen and oxygen atoms in total. The predicted molar refractivity (Wildman–Crippen MR) is 111 cm³/mol. The maximum atomic E-state index is 12.5. The van der Waals surface area contributed by atoms with Gasteiger partial charge in [-0.05, 0) is 74.8 Å². The highest BCUT2D eigenvalue weighted by Gasteiger charge is 2.13. The van der Waals surface area contributed by atoms with E-state index in [1.807, 2.05) is 43.3 Å². The van der Waals surface area contributed by atoms with Crippen molar-refractivity contribution in [3.8, 4) is 11.5 Å². The van der Waals surface area contributed by atoms with Gasteiger partial charge in [0.1, 0.15) is 18.1 Å². The van der Waals surface area contributed by atoms with Gasteiger partial charge in [-0.15, -0.1) is 0 Å². The van der Waals surface area contributed by atoms with Gasteiger partial charge in [-0.25, -0.2) is 0 Å². The summed E-state index contributed by atoms with van der Waals surface area (Å²) in [6, 6.07) is 15.3. The fraction of sp³-hybridized carbons (Fsp3) is 0.435. The van der Waals surface area contributed by atoms with E-state index in [9.17, 15) is 4.79 Å². The van der Waals surface area contributed by atoms with E-state index in [0.717, 1.165) is 18.0 Å². The van der Waals surface area contributed by atoms with Crippen LogP contribution < -0.4 is 14.8 Å². The van der Waals surface area contributed by atoms with Crippen molar-refractivity contribution >= 4 is 5.91 Å². The number of amides is 1. The van der Waals surface area contributed by atoms with Crippen molar-refractivity contribution in [1.82, 2.24) is 10.2 Å². The molecule has 0 aliphatic carbocycles. The minimum absolute atomic E-state index is 0.0737. The molecule has 1 aliphatic rings. The van der Waals surface area contributed by atoms with Crippen LogP contribution in [0.1, 0.15) is 42.1 Å². The monoisotopic (exact) mass is 382 g/mol. The second-order valence-electron chi connectivity index (χ2n) is 7.39. The number of carbonyl (C=O) groups is 1. The molecule has 3 rings (SSSR count). The number of likely N-dealkylation sites (tertiary alicyclic amines) is 1. The van der Waals surface area contributed by atoms with Crippen LogP contribution in [-0.2, 0) is 6.54 Å². The van der Waals surface area contributed by atoms with Crippen LogP contribution >= 0.6 is 0 Å². The Morgan fingerprint density at radius 2 is 1.64 bits per heavy atom. The summed E-state index contributed by atoms with van der Waals surface area (Å²) in [5, 5.41) is 2.99. The maximum Gasteiger partial charge on any atom is 0.251 e. The summed E-state index contributed by atoms with van der Waals surface area (Å²) >= 11 is 0. The zero-order valence-corrected chi connectivity index (χ0v) is 16.8. The zero-order chi connectivity index (χ0) is 19.8. The molecule has 1 amide bonds. The van der Waals surface area contributed by atoms with Gasteiger partial charge in [0.05, 0.1) is 13.2 Å². The lowest BCUT2D eigenvalue weighted by Crippen LogP contribution is -2.36. The summed E-state index contributed by atoms with van der Waals surface area (Å²) in [5.41, 5.74) is 1.94. The van der Waals surface area contributed by atoms with Crippen molar-refractivity contribution in [3.05, 3.63) is 59.7 Å². The largest absolute Gasteiger partial charge is 0.497 e. The Morgan fingerprint density at radius 3 is 2.29 bits per heavy atom.